The molecule has 0 N–H and O–H groups in total. The fourth-order valence-electron chi connectivity index (χ4n) is 2.26. The molecule has 2 unspecified atom stereocenters. The van der Waals surface area contributed by atoms with Gasteiger partial charge in [0, 0.05) is 0 Å². The van der Waals surface area contributed by atoms with Crippen molar-refractivity contribution in [3.63, 3.8) is 0 Å². The third kappa shape index (κ3) is 15.8. The van der Waals surface area contributed by atoms with Crippen LogP contribution >= 0.6 is 0 Å². The smallest absolute Gasteiger partial charge is 2.00 e. The summed E-state index contributed by atoms with van der Waals surface area (Å²) in [5.41, 5.74) is 0. The Labute approximate surface area is 141 Å². The molecule has 0 aromatic rings. The SMILES string of the molecule is C1CCC(C2CCCC[N-]2)[N-]C1.[C-]#[O+].[C-]#[O+].[C-]#[O+].[C-]#[O+].[W+2]. The number of hydrogen-bond acceptors (Lipinski definition) is 0. The van der Waals surface area contributed by atoms with Crippen molar-refractivity contribution in [2.45, 2.75) is 50.6 Å². The molecule has 2 saturated heterocycles. The van der Waals surface area contributed by atoms with Crippen molar-refractivity contribution in [2.24, 2.45) is 0 Å². The second kappa shape index (κ2) is 27.8. The number of nitrogens with zero attached hydrogens (tertiary/aromatic N) is 2. The Balaban J connectivity index is -0.000000141. The molecule has 2 aliphatic heterocycles. The van der Waals surface area contributed by atoms with Gasteiger partial charge in [0.05, 0.1) is 0 Å². The van der Waals surface area contributed by atoms with Crippen molar-refractivity contribution >= 4 is 0 Å². The molecule has 0 aliphatic carbocycles. The molecule has 114 valence electrons. The molecule has 2 aliphatic rings. The van der Waals surface area contributed by atoms with Crippen LogP contribution in [0.1, 0.15) is 38.5 Å². The van der Waals surface area contributed by atoms with Gasteiger partial charge in [-0.1, -0.05) is 38.5 Å². The summed E-state index contributed by atoms with van der Waals surface area (Å²) in [5.74, 6) is 0. The fourth-order valence-corrected chi connectivity index (χ4v) is 2.26. The fraction of sp³-hybridized carbons (Fsp3) is 0.714. The van der Waals surface area contributed by atoms with Gasteiger partial charge in [0.1, 0.15) is 0 Å². The largest absolute Gasteiger partial charge is 2.00 e. The molecule has 0 spiro atoms. The van der Waals surface area contributed by atoms with E-state index in [2.05, 4.69) is 37.2 Å². The van der Waals surface area contributed by atoms with Crippen LogP contribution in [-0.2, 0) is 39.7 Å². The van der Waals surface area contributed by atoms with Crippen LogP contribution in [0.4, 0.5) is 0 Å². The van der Waals surface area contributed by atoms with E-state index in [0.717, 1.165) is 13.1 Å². The van der Waals surface area contributed by atoms with Crippen LogP contribution in [0, 0.1) is 26.6 Å². The zero-order valence-corrected chi connectivity index (χ0v) is 14.7. The van der Waals surface area contributed by atoms with Gasteiger partial charge in [0.25, 0.3) is 0 Å². The minimum Gasteiger partial charge on any atom is 2.00 e. The Morgan fingerprint density at radius 1 is 0.571 bits per heavy atom. The molecule has 2 rings (SSSR count). The predicted octanol–water partition coefficient (Wildman–Crippen LogP) is 2.69. The van der Waals surface area contributed by atoms with E-state index in [1.165, 1.54) is 38.5 Å². The van der Waals surface area contributed by atoms with Gasteiger partial charge < -0.3 is 10.6 Å². The average molecular weight is 462 g/mol. The van der Waals surface area contributed by atoms with Crippen molar-refractivity contribution < 1.29 is 39.7 Å². The van der Waals surface area contributed by atoms with Crippen LogP contribution in [-0.4, -0.2) is 25.2 Å². The van der Waals surface area contributed by atoms with Gasteiger partial charge in [0.2, 0.25) is 0 Å². The van der Waals surface area contributed by atoms with E-state index >= 15 is 0 Å². The zero-order chi connectivity index (χ0) is 16.2. The summed E-state index contributed by atoms with van der Waals surface area (Å²) in [6.45, 7) is 20.2. The zero-order valence-electron chi connectivity index (χ0n) is 11.7. The molecule has 0 amide bonds. The van der Waals surface area contributed by atoms with Crippen molar-refractivity contribution in [1.29, 1.82) is 0 Å². The Hall–Kier alpha value is -0.432. The third-order valence-electron chi connectivity index (χ3n) is 2.99. The number of rotatable bonds is 1. The van der Waals surface area contributed by atoms with Gasteiger partial charge in [-0.15, -0.1) is 13.1 Å². The monoisotopic (exact) mass is 462 g/mol. The molecule has 0 saturated carbocycles. The van der Waals surface area contributed by atoms with Crippen molar-refractivity contribution in [3.8, 4) is 0 Å². The second-order valence-corrected chi connectivity index (χ2v) is 3.94. The third-order valence-corrected chi connectivity index (χ3v) is 2.99. The second-order valence-electron chi connectivity index (χ2n) is 3.94. The Kier molecular flexibility index (Phi) is 38.0. The summed E-state index contributed by atoms with van der Waals surface area (Å²) >= 11 is 0. The topological polar surface area (TPSA) is 108 Å². The minimum absolute atomic E-state index is 0. The molecule has 21 heavy (non-hydrogen) atoms. The van der Waals surface area contributed by atoms with E-state index in [1.807, 2.05) is 0 Å². The Bertz CT molecular complexity index is 227. The van der Waals surface area contributed by atoms with Crippen LogP contribution in [0.5, 0.6) is 0 Å². The minimum atomic E-state index is 0. The molecule has 2 heterocycles. The maximum atomic E-state index is 7.50. The van der Waals surface area contributed by atoms with E-state index in [1.54, 1.807) is 0 Å². The van der Waals surface area contributed by atoms with Gasteiger partial charge in [-0.05, 0) is 0 Å². The summed E-state index contributed by atoms with van der Waals surface area (Å²) < 4.78 is 30.0. The van der Waals surface area contributed by atoms with Gasteiger partial charge in [-0.3, -0.25) is 0 Å². The van der Waals surface area contributed by atoms with E-state index in [9.17, 15) is 0 Å². The van der Waals surface area contributed by atoms with Gasteiger partial charge in [-0.25, -0.2) is 0 Å². The Morgan fingerprint density at radius 2 is 0.857 bits per heavy atom. The summed E-state index contributed by atoms with van der Waals surface area (Å²) in [6, 6.07) is 1.19. The van der Waals surface area contributed by atoms with Crippen LogP contribution in [0.15, 0.2) is 0 Å². The first-order chi connectivity index (χ1) is 9.97. The van der Waals surface area contributed by atoms with Gasteiger partial charge >= 0.3 is 66.3 Å². The first kappa shape index (κ1) is 28.7. The van der Waals surface area contributed by atoms with Gasteiger partial charge in [0.15, 0.2) is 0 Å². The molecular formula is C14H18N2O4W. The molecule has 0 bridgehead atoms. The van der Waals surface area contributed by atoms with E-state index in [4.69, 9.17) is 18.6 Å². The molecule has 0 aromatic carbocycles. The summed E-state index contributed by atoms with van der Waals surface area (Å²) in [6.07, 6.45) is 7.97. The maximum absolute atomic E-state index is 7.50. The average Bonchev–Trinajstić information content (AvgIpc) is 2.63. The summed E-state index contributed by atoms with van der Waals surface area (Å²) in [5, 5.41) is 9.32. The van der Waals surface area contributed by atoms with Crippen LogP contribution in [0.2, 0.25) is 0 Å². The summed E-state index contributed by atoms with van der Waals surface area (Å²) in [4.78, 5) is 0. The Morgan fingerprint density at radius 3 is 1.05 bits per heavy atom. The normalized spacial score (nSPS) is 22.1. The molecule has 7 heteroatoms. The van der Waals surface area contributed by atoms with Crippen molar-refractivity contribution in [1.82, 2.24) is 0 Å². The number of piperidine rings is 2. The summed E-state index contributed by atoms with van der Waals surface area (Å²) in [7, 11) is 0. The first-order valence-electron chi connectivity index (χ1n) is 6.12. The molecule has 0 radical (unpaired) electrons. The first-order valence-corrected chi connectivity index (χ1v) is 6.12. The van der Waals surface area contributed by atoms with Crippen LogP contribution < -0.4 is 0 Å². The molecule has 0 aromatic heterocycles. The van der Waals surface area contributed by atoms with E-state index in [-0.39, 0.29) is 21.1 Å². The standard InChI is InChI=1S/C10H18N2.4CO.W/c1-3-7-11-9(5-1)10-6-2-4-8-12-10;4*1-2;/h9-10H,1-8H2;;;;;/q-2;;;;;+2. The molecule has 2 atom stereocenters. The van der Waals surface area contributed by atoms with Crippen LogP contribution in [0.25, 0.3) is 10.6 Å². The quantitative estimate of drug-likeness (QED) is 0.422. The van der Waals surface area contributed by atoms with Gasteiger partial charge in [-0.2, -0.15) is 12.1 Å². The number of hydrogen-bond donors (Lipinski definition) is 0. The maximum Gasteiger partial charge on any atom is 2.00 e. The molecule has 2 fully saturated rings. The predicted molar refractivity (Wildman–Crippen MR) is 67.4 cm³/mol. The van der Waals surface area contributed by atoms with E-state index in [0.29, 0.717) is 12.1 Å². The van der Waals surface area contributed by atoms with Crippen molar-refractivity contribution in [3.05, 3.63) is 37.2 Å². The molecule has 6 nitrogen and oxygen atoms in total. The molecular weight excluding hydrogens is 444 g/mol. The van der Waals surface area contributed by atoms with E-state index < -0.39 is 0 Å². The van der Waals surface area contributed by atoms with Crippen LogP contribution in [0.3, 0.4) is 0 Å². The van der Waals surface area contributed by atoms with Crippen molar-refractivity contribution in [2.75, 3.05) is 13.1 Å².